The molecular weight excluding hydrogens is 188 g/mol. The Kier molecular flexibility index (Phi) is 3.41. The zero-order chi connectivity index (χ0) is 10.7. The summed E-state index contributed by atoms with van der Waals surface area (Å²) in [5, 5.41) is 0. The van der Waals surface area contributed by atoms with Crippen LogP contribution in [0.25, 0.3) is 0 Å². The number of carbonyl (C=O) groups is 1. The van der Waals surface area contributed by atoms with Crippen molar-refractivity contribution in [2.45, 2.75) is 25.7 Å². The number of nitrogens with two attached hydrogens (primary N) is 1. The van der Waals surface area contributed by atoms with Crippen LogP contribution < -0.4 is 5.73 Å². The number of hydrogen-bond donors (Lipinski definition) is 1. The van der Waals surface area contributed by atoms with Crippen molar-refractivity contribution in [1.29, 1.82) is 0 Å². The molecule has 2 N–H and O–H groups in total. The Balaban J connectivity index is 1.89. The zero-order valence-corrected chi connectivity index (χ0v) is 9.19. The van der Waals surface area contributed by atoms with Gasteiger partial charge in [0.25, 0.3) is 0 Å². The number of allylic oxidation sites excluding steroid dienone is 2. The standard InChI is InChI=1S/C12H20N2O/c13-8-10-4-3-7-14(9-10)12(15)11-5-1-2-6-11/h1-2,10-11H,3-9,13H2. The summed E-state index contributed by atoms with van der Waals surface area (Å²) < 4.78 is 0. The Hall–Kier alpha value is -0.830. The highest BCUT2D eigenvalue weighted by atomic mass is 16.2. The highest BCUT2D eigenvalue weighted by molar-refractivity contribution is 5.79. The van der Waals surface area contributed by atoms with E-state index in [4.69, 9.17) is 5.73 Å². The van der Waals surface area contributed by atoms with Crippen LogP contribution in [0.1, 0.15) is 25.7 Å². The van der Waals surface area contributed by atoms with E-state index >= 15 is 0 Å². The minimum atomic E-state index is 0.224. The molecule has 15 heavy (non-hydrogen) atoms. The van der Waals surface area contributed by atoms with E-state index in [1.807, 2.05) is 4.90 Å². The monoisotopic (exact) mass is 208 g/mol. The summed E-state index contributed by atoms with van der Waals surface area (Å²) >= 11 is 0. The SMILES string of the molecule is NCC1CCCN(C(=O)C2CC=CC2)C1. The van der Waals surface area contributed by atoms with E-state index in [-0.39, 0.29) is 5.92 Å². The van der Waals surface area contributed by atoms with Gasteiger partial charge in [0.15, 0.2) is 0 Å². The maximum atomic E-state index is 12.1. The van der Waals surface area contributed by atoms with Crippen LogP contribution in [-0.2, 0) is 4.79 Å². The molecule has 3 nitrogen and oxygen atoms in total. The summed E-state index contributed by atoms with van der Waals surface area (Å²) in [7, 11) is 0. The van der Waals surface area contributed by atoms with Crippen molar-refractivity contribution in [2.75, 3.05) is 19.6 Å². The average molecular weight is 208 g/mol. The molecule has 1 amide bonds. The largest absolute Gasteiger partial charge is 0.342 e. The van der Waals surface area contributed by atoms with Crippen LogP contribution in [0.5, 0.6) is 0 Å². The van der Waals surface area contributed by atoms with E-state index in [2.05, 4.69) is 12.2 Å². The first-order chi connectivity index (χ1) is 7.31. The summed E-state index contributed by atoms with van der Waals surface area (Å²) in [6, 6.07) is 0. The van der Waals surface area contributed by atoms with Gasteiger partial charge in [-0.25, -0.2) is 0 Å². The van der Waals surface area contributed by atoms with Gasteiger partial charge in [0.2, 0.25) is 5.91 Å². The molecule has 0 aromatic heterocycles. The van der Waals surface area contributed by atoms with Crippen LogP contribution in [0.15, 0.2) is 12.2 Å². The molecule has 1 fully saturated rings. The first-order valence-electron chi connectivity index (χ1n) is 5.95. The molecule has 1 aliphatic carbocycles. The molecule has 84 valence electrons. The maximum Gasteiger partial charge on any atom is 0.226 e. The molecule has 3 heteroatoms. The normalized spacial score (nSPS) is 27.3. The number of hydrogen-bond acceptors (Lipinski definition) is 2. The first-order valence-corrected chi connectivity index (χ1v) is 5.95. The predicted molar refractivity (Wildman–Crippen MR) is 60.2 cm³/mol. The van der Waals surface area contributed by atoms with E-state index in [9.17, 15) is 4.79 Å². The zero-order valence-electron chi connectivity index (χ0n) is 9.19. The Morgan fingerprint density at radius 2 is 2.13 bits per heavy atom. The highest BCUT2D eigenvalue weighted by Crippen LogP contribution is 2.23. The molecule has 2 rings (SSSR count). The summed E-state index contributed by atoms with van der Waals surface area (Å²) in [6.45, 7) is 2.53. The van der Waals surface area contributed by atoms with Crippen molar-refractivity contribution in [3.63, 3.8) is 0 Å². The van der Waals surface area contributed by atoms with Crippen LogP contribution in [0.2, 0.25) is 0 Å². The van der Waals surface area contributed by atoms with Gasteiger partial charge in [0, 0.05) is 19.0 Å². The van der Waals surface area contributed by atoms with Crippen molar-refractivity contribution in [3.05, 3.63) is 12.2 Å². The fraction of sp³-hybridized carbons (Fsp3) is 0.750. The topological polar surface area (TPSA) is 46.3 Å². The van der Waals surface area contributed by atoms with E-state index in [1.165, 1.54) is 6.42 Å². The van der Waals surface area contributed by atoms with Crippen molar-refractivity contribution < 1.29 is 4.79 Å². The van der Waals surface area contributed by atoms with Gasteiger partial charge in [0.05, 0.1) is 0 Å². The van der Waals surface area contributed by atoms with Gasteiger partial charge in [-0.15, -0.1) is 0 Å². The lowest BCUT2D eigenvalue weighted by Crippen LogP contribution is -2.44. The van der Waals surface area contributed by atoms with Crippen LogP contribution in [0, 0.1) is 11.8 Å². The Morgan fingerprint density at radius 1 is 1.40 bits per heavy atom. The smallest absolute Gasteiger partial charge is 0.226 e. The molecular formula is C12H20N2O. The van der Waals surface area contributed by atoms with Crippen LogP contribution >= 0.6 is 0 Å². The van der Waals surface area contributed by atoms with E-state index in [0.29, 0.717) is 18.4 Å². The Labute approximate surface area is 91.3 Å². The molecule has 1 saturated heterocycles. The van der Waals surface area contributed by atoms with Crippen molar-refractivity contribution in [3.8, 4) is 0 Å². The number of carbonyl (C=O) groups excluding carboxylic acids is 1. The third kappa shape index (κ3) is 2.40. The van der Waals surface area contributed by atoms with Crippen molar-refractivity contribution in [1.82, 2.24) is 4.90 Å². The quantitative estimate of drug-likeness (QED) is 0.692. The lowest BCUT2D eigenvalue weighted by Gasteiger charge is -2.33. The predicted octanol–water partition coefficient (Wildman–Crippen LogP) is 1.15. The summed E-state index contributed by atoms with van der Waals surface area (Å²) in [5.41, 5.74) is 5.67. The second-order valence-electron chi connectivity index (χ2n) is 4.67. The average Bonchev–Trinajstić information content (AvgIpc) is 2.81. The number of amides is 1. The van der Waals surface area contributed by atoms with E-state index in [0.717, 1.165) is 32.4 Å². The van der Waals surface area contributed by atoms with Gasteiger partial charge >= 0.3 is 0 Å². The minimum Gasteiger partial charge on any atom is -0.342 e. The summed E-state index contributed by atoms with van der Waals surface area (Å²) in [4.78, 5) is 14.1. The molecule has 0 aromatic rings. The van der Waals surface area contributed by atoms with Crippen LogP contribution in [-0.4, -0.2) is 30.4 Å². The first kappa shape index (κ1) is 10.7. The fourth-order valence-electron chi connectivity index (χ4n) is 2.53. The lowest BCUT2D eigenvalue weighted by atomic mass is 9.96. The second kappa shape index (κ2) is 4.79. The van der Waals surface area contributed by atoms with Gasteiger partial charge < -0.3 is 10.6 Å². The molecule has 1 unspecified atom stereocenters. The second-order valence-corrected chi connectivity index (χ2v) is 4.67. The van der Waals surface area contributed by atoms with Crippen LogP contribution in [0.4, 0.5) is 0 Å². The molecule has 0 bridgehead atoms. The number of likely N-dealkylation sites (tertiary alicyclic amines) is 1. The Morgan fingerprint density at radius 3 is 2.80 bits per heavy atom. The number of nitrogens with zero attached hydrogens (tertiary/aromatic N) is 1. The molecule has 0 radical (unpaired) electrons. The van der Waals surface area contributed by atoms with Crippen molar-refractivity contribution >= 4 is 5.91 Å². The van der Waals surface area contributed by atoms with Crippen LogP contribution in [0.3, 0.4) is 0 Å². The third-order valence-corrected chi connectivity index (χ3v) is 3.52. The summed E-state index contributed by atoms with van der Waals surface area (Å²) in [6.07, 6.45) is 8.40. The molecule has 2 aliphatic rings. The fourth-order valence-corrected chi connectivity index (χ4v) is 2.53. The van der Waals surface area contributed by atoms with Gasteiger partial charge in [-0.1, -0.05) is 12.2 Å². The number of piperidine rings is 1. The highest BCUT2D eigenvalue weighted by Gasteiger charge is 2.28. The molecule has 1 aliphatic heterocycles. The van der Waals surface area contributed by atoms with Gasteiger partial charge in [0.1, 0.15) is 0 Å². The van der Waals surface area contributed by atoms with E-state index < -0.39 is 0 Å². The van der Waals surface area contributed by atoms with E-state index in [1.54, 1.807) is 0 Å². The lowest BCUT2D eigenvalue weighted by molar-refractivity contribution is -0.136. The van der Waals surface area contributed by atoms with Gasteiger partial charge in [-0.05, 0) is 38.1 Å². The summed E-state index contributed by atoms with van der Waals surface area (Å²) in [5.74, 6) is 1.09. The molecule has 0 saturated carbocycles. The third-order valence-electron chi connectivity index (χ3n) is 3.52. The van der Waals surface area contributed by atoms with Gasteiger partial charge in [-0.2, -0.15) is 0 Å². The molecule has 1 heterocycles. The molecule has 0 aromatic carbocycles. The Bertz CT molecular complexity index is 254. The van der Waals surface area contributed by atoms with Gasteiger partial charge in [-0.3, -0.25) is 4.79 Å². The maximum absolute atomic E-state index is 12.1. The number of rotatable bonds is 2. The van der Waals surface area contributed by atoms with Crippen molar-refractivity contribution in [2.24, 2.45) is 17.6 Å². The molecule has 1 atom stereocenters. The minimum absolute atomic E-state index is 0.224. The molecule has 0 spiro atoms.